The van der Waals surface area contributed by atoms with Gasteiger partial charge in [-0.25, -0.2) is 0 Å². The van der Waals surface area contributed by atoms with Gasteiger partial charge in [0.05, 0.1) is 8.66 Å². The molecular formula is C13H18BrN3OS. The van der Waals surface area contributed by atoms with Crippen LogP contribution in [0, 0.1) is 5.92 Å². The van der Waals surface area contributed by atoms with E-state index < -0.39 is 0 Å². The topological polar surface area (TPSA) is 51.0 Å². The minimum absolute atomic E-state index is 0.378. The van der Waals surface area contributed by atoms with Gasteiger partial charge in [-0.3, -0.25) is 0 Å². The fourth-order valence-corrected chi connectivity index (χ4v) is 3.27. The molecule has 0 aliphatic carbocycles. The Kier molecular flexibility index (Phi) is 5.13. The molecule has 0 saturated carbocycles. The standard InChI is InChI=1S/C13H18BrN3OS/c1-8(2)6-9(15-3)7-12-16-13(17-18-12)10-4-5-11(14)19-10/h4-5,8-9,15H,6-7H2,1-3H3. The minimum atomic E-state index is 0.378. The Hall–Kier alpha value is -0.720. The van der Waals surface area contributed by atoms with Gasteiger partial charge >= 0.3 is 0 Å². The molecule has 0 bridgehead atoms. The number of rotatable bonds is 6. The Bertz CT molecular complexity index is 523. The smallest absolute Gasteiger partial charge is 0.228 e. The first-order chi connectivity index (χ1) is 9.08. The molecule has 0 spiro atoms. The van der Waals surface area contributed by atoms with Crippen molar-refractivity contribution in [1.29, 1.82) is 0 Å². The van der Waals surface area contributed by atoms with Crippen molar-refractivity contribution in [2.45, 2.75) is 32.7 Å². The van der Waals surface area contributed by atoms with E-state index in [4.69, 9.17) is 4.52 Å². The van der Waals surface area contributed by atoms with Crippen molar-refractivity contribution in [2.75, 3.05) is 7.05 Å². The molecule has 2 aromatic rings. The van der Waals surface area contributed by atoms with Crippen LogP contribution in [0.3, 0.4) is 0 Å². The number of nitrogens with zero attached hydrogens (tertiary/aromatic N) is 2. The van der Waals surface area contributed by atoms with Gasteiger partial charge < -0.3 is 9.84 Å². The van der Waals surface area contributed by atoms with Crippen molar-refractivity contribution >= 4 is 27.3 Å². The molecule has 0 fully saturated rings. The second-order valence-electron chi connectivity index (χ2n) is 4.93. The third kappa shape index (κ3) is 4.12. The maximum Gasteiger partial charge on any atom is 0.228 e. The van der Waals surface area contributed by atoms with Crippen LogP contribution in [0.25, 0.3) is 10.7 Å². The second kappa shape index (κ2) is 6.63. The summed E-state index contributed by atoms with van der Waals surface area (Å²) in [4.78, 5) is 5.48. The largest absolute Gasteiger partial charge is 0.339 e. The van der Waals surface area contributed by atoms with E-state index in [0.717, 1.165) is 21.5 Å². The molecule has 0 aliphatic heterocycles. The lowest BCUT2D eigenvalue weighted by Gasteiger charge is -2.15. The summed E-state index contributed by atoms with van der Waals surface area (Å²) < 4.78 is 6.40. The Balaban J connectivity index is 2.04. The zero-order chi connectivity index (χ0) is 13.8. The first kappa shape index (κ1) is 14.7. The summed E-state index contributed by atoms with van der Waals surface area (Å²) in [5.41, 5.74) is 0. The van der Waals surface area contributed by atoms with E-state index >= 15 is 0 Å². The third-order valence-electron chi connectivity index (χ3n) is 2.85. The molecule has 1 N–H and O–H groups in total. The first-order valence-electron chi connectivity index (χ1n) is 6.34. The van der Waals surface area contributed by atoms with E-state index in [1.807, 2.05) is 19.2 Å². The summed E-state index contributed by atoms with van der Waals surface area (Å²) in [6.45, 7) is 4.43. The van der Waals surface area contributed by atoms with Crippen molar-refractivity contribution in [3.63, 3.8) is 0 Å². The number of aromatic nitrogens is 2. The van der Waals surface area contributed by atoms with E-state index in [-0.39, 0.29) is 0 Å². The maximum absolute atomic E-state index is 5.33. The summed E-state index contributed by atoms with van der Waals surface area (Å²) >= 11 is 5.04. The molecule has 19 heavy (non-hydrogen) atoms. The molecule has 0 aromatic carbocycles. The predicted molar refractivity (Wildman–Crippen MR) is 81.3 cm³/mol. The minimum Gasteiger partial charge on any atom is -0.339 e. The molecule has 0 saturated heterocycles. The zero-order valence-electron chi connectivity index (χ0n) is 11.3. The van der Waals surface area contributed by atoms with Gasteiger partial charge in [0.25, 0.3) is 0 Å². The Morgan fingerprint density at radius 3 is 2.79 bits per heavy atom. The van der Waals surface area contributed by atoms with Crippen LogP contribution in [0.1, 0.15) is 26.2 Å². The van der Waals surface area contributed by atoms with E-state index in [0.29, 0.717) is 23.7 Å². The SMILES string of the molecule is CNC(Cc1nc(-c2ccc(Br)s2)no1)CC(C)C. The number of nitrogens with one attached hydrogen (secondary N) is 1. The predicted octanol–water partition coefficient (Wildman–Crippen LogP) is 3.74. The third-order valence-corrected chi connectivity index (χ3v) is 4.47. The highest BCUT2D eigenvalue weighted by atomic mass is 79.9. The molecule has 104 valence electrons. The van der Waals surface area contributed by atoms with E-state index in [9.17, 15) is 0 Å². The van der Waals surface area contributed by atoms with Crippen molar-refractivity contribution < 1.29 is 4.52 Å². The average Bonchev–Trinajstić information content (AvgIpc) is 2.96. The lowest BCUT2D eigenvalue weighted by molar-refractivity contribution is 0.345. The molecule has 0 aliphatic rings. The molecule has 0 radical (unpaired) electrons. The van der Waals surface area contributed by atoms with Crippen LogP contribution in [0.2, 0.25) is 0 Å². The summed E-state index contributed by atoms with van der Waals surface area (Å²) in [6.07, 6.45) is 1.87. The molecular weight excluding hydrogens is 326 g/mol. The zero-order valence-corrected chi connectivity index (χ0v) is 13.7. The molecule has 2 aromatic heterocycles. The van der Waals surface area contributed by atoms with E-state index in [2.05, 4.69) is 45.2 Å². The summed E-state index contributed by atoms with van der Waals surface area (Å²) in [5, 5.41) is 7.34. The normalized spacial score (nSPS) is 13.1. The molecule has 6 heteroatoms. The molecule has 2 rings (SSSR count). The average molecular weight is 344 g/mol. The lowest BCUT2D eigenvalue weighted by atomic mass is 10.0. The van der Waals surface area contributed by atoms with Gasteiger partial charge in [-0.1, -0.05) is 19.0 Å². The van der Waals surface area contributed by atoms with Gasteiger partial charge in [0.1, 0.15) is 0 Å². The van der Waals surface area contributed by atoms with E-state index in [1.165, 1.54) is 0 Å². The monoisotopic (exact) mass is 343 g/mol. The summed E-state index contributed by atoms with van der Waals surface area (Å²) in [5.74, 6) is 2.01. The highest BCUT2D eigenvalue weighted by molar-refractivity contribution is 9.11. The number of hydrogen-bond donors (Lipinski definition) is 1. The van der Waals surface area contributed by atoms with Gasteiger partial charge in [-0.15, -0.1) is 11.3 Å². The number of hydrogen-bond acceptors (Lipinski definition) is 5. The molecule has 1 atom stereocenters. The van der Waals surface area contributed by atoms with Crippen molar-refractivity contribution in [1.82, 2.24) is 15.5 Å². The second-order valence-corrected chi connectivity index (χ2v) is 7.40. The Morgan fingerprint density at radius 2 is 2.21 bits per heavy atom. The van der Waals surface area contributed by atoms with Gasteiger partial charge in [0.2, 0.25) is 11.7 Å². The Morgan fingerprint density at radius 1 is 1.42 bits per heavy atom. The van der Waals surface area contributed by atoms with Gasteiger partial charge in [-0.2, -0.15) is 4.98 Å². The number of thiophene rings is 1. The molecule has 2 heterocycles. The highest BCUT2D eigenvalue weighted by Gasteiger charge is 2.16. The molecule has 1 unspecified atom stereocenters. The first-order valence-corrected chi connectivity index (χ1v) is 7.95. The van der Waals surface area contributed by atoms with Crippen LogP contribution in [0.15, 0.2) is 20.4 Å². The summed E-state index contributed by atoms with van der Waals surface area (Å²) in [7, 11) is 1.97. The van der Waals surface area contributed by atoms with Crippen LogP contribution in [-0.2, 0) is 6.42 Å². The van der Waals surface area contributed by atoms with E-state index in [1.54, 1.807) is 11.3 Å². The highest BCUT2D eigenvalue weighted by Crippen LogP contribution is 2.29. The Labute approximate surface area is 125 Å². The maximum atomic E-state index is 5.33. The van der Waals surface area contributed by atoms with Gasteiger partial charge in [0, 0.05) is 12.5 Å². The molecule has 0 amide bonds. The van der Waals surface area contributed by atoms with Gasteiger partial charge in [0.15, 0.2) is 0 Å². The van der Waals surface area contributed by atoms with Crippen molar-refractivity contribution in [2.24, 2.45) is 5.92 Å². The van der Waals surface area contributed by atoms with Crippen LogP contribution in [0.4, 0.5) is 0 Å². The summed E-state index contributed by atoms with van der Waals surface area (Å²) in [6, 6.07) is 4.36. The number of likely N-dealkylation sites (N-methyl/N-ethyl adjacent to an activating group) is 1. The van der Waals surface area contributed by atoms with Crippen molar-refractivity contribution in [3.05, 3.63) is 21.8 Å². The van der Waals surface area contributed by atoms with Crippen molar-refractivity contribution in [3.8, 4) is 10.7 Å². The lowest BCUT2D eigenvalue weighted by Crippen LogP contribution is -2.29. The fourth-order valence-electron chi connectivity index (χ4n) is 1.96. The molecule has 4 nitrogen and oxygen atoms in total. The van der Waals surface area contributed by atoms with Crippen LogP contribution < -0.4 is 5.32 Å². The van der Waals surface area contributed by atoms with Crippen LogP contribution in [0.5, 0.6) is 0 Å². The quantitative estimate of drug-likeness (QED) is 0.867. The fraction of sp³-hybridized carbons (Fsp3) is 0.538. The number of halogens is 1. The van der Waals surface area contributed by atoms with Gasteiger partial charge in [-0.05, 0) is 47.4 Å². The van der Waals surface area contributed by atoms with Crippen LogP contribution in [-0.4, -0.2) is 23.2 Å². The van der Waals surface area contributed by atoms with Crippen LogP contribution >= 0.6 is 27.3 Å².